The molecule has 2 rings (SSSR count). The van der Waals surface area contributed by atoms with Gasteiger partial charge in [-0.05, 0) is 42.3 Å². The third-order valence-electron chi connectivity index (χ3n) is 3.00. The van der Waals surface area contributed by atoms with Gasteiger partial charge in [0.1, 0.15) is 0 Å². The molecule has 0 radical (unpaired) electrons. The first kappa shape index (κ1) is 17.6. The molecule has 2 aromatic carbocycles. The molecule has 2 N–H and O–H groups in total. The summed E-state index contributed by atoms with van der Waals surface area (Å²) in [5.74, 6) is -1.52. The highest BCUT2D eigenvalue weighted by molar-refractivity contribution is 6.42. The highest BCUT2D eigenvalue weighted by Gasteiger charge is 2.14. The average Bonchev–Trinajstić information content (AvgIpc) is 2.51. The predicted octanol–water partition coefficient (Wildman–Crippen LogP) is 3.94. The average molecular weight is 372 g/mol. The molecule has 7 heteroatoms. The third kappa shape index (κ3) is 5.43. The van der Waals surface area contributed by atoms with Crippen molar-refractivity contribution >= 4 is 52.3 Å². The first-order chi connectivity index (χ1) is 11.0. The van der Waals surface area contributed by atoms with Crippen LogP contribution in [0.5, 0.6) is 0 Å². The summed E-state index contributed by atoms with van der Waals surface area (Å²) in [7, 11) is 0. The van der Waals surface area contributed by atoms with E-state index in [2.05, 4.69) is 10.6 Å². The van der Waals surface area contributed by atoms with Crippen molar-refractivity contribution in [2.75, 3.05) is 11.9 Å². The number of rotatable bonds is 4. The molecular formula is C16H13Cl3N2O2. The van der Waals surface area contributed by atoms with Crippen molar-refractivity contribution in [1.82, 2.24) is 5.32 Å². The second-order valence-corrected chi connectivity index (χ2v) is 5.99. The van der Waals surface area contributed by atoms with Gasteiger partial charge in [0, 0.05) is 16.6 Å². The minimum Gasteiger partial charge on any atom is -0.347 e. The Hall–Kier alpha value is -1.75. The number of carbonyl (C=O) groups is 2. The zero-order valence-electron chi connectivity index (χ0n) is 11.9. The fourth-order valence-electron chi connectivity index (χ4n) is 1.82. The Morgan fingerprint density at radius 2 is 1.52 bits per heavy atom. The molecule has 0 aliphatic rings. The Morgan fingerprint density at radius 3 is 2.17 bits per heavy atom. The Morgan fingerprint density at radius 1 is 0.870 bits per heavy atom. The molecular weight excluding hydrogens is 359 g/mol. The highest BCUT2D eigenvalue weighted by Crippen LogP contribution is 2.25. The predicted molar refractivity (Wildman–Crippen MR) is 93.3 cm³/mol. The van der Waals surface area contributed by atoms with E-state index < -0.39 is 11.8 Å². The van der Waals surface area contributed by atoms with Crippen molar-refractivity contribution in [3.63, 3.8) is 0 Å². The first-order valence-electron chi connectivity index (χ1n) is 6.74. The van der Waals surface area contributed by atoms with Crippen LogP contribution in [-0.2, 0) is 16.0 Å². The summed E-state index contributed by atoms with van der Waals surface area (Å²) in [6.45, 7) is 0.336. The van der Waals surface area contributed by atoms with Crippen LogP contribution in [0.4, 0.5) is 5.69 Å². The maximum atomic E-state index is 11.8. The van der Waals surface area contributed by atoms with E-state index in [0.717, 1.165) is 5.56 Å². The van der Waals surface area contributed by atoms with Crippen LogP contribution in [0.3, 0.4) is 0 Å². The van der Waals surface area contributed by atoms with Crippen LogP contribution in [-0.4, -0.2) is 18.4 Å². The molecule has 0 aromatic heterocycles. The normalized spacial score (nSPS) is 10.2. The number of benzene rings is 2. The van der Waals surface area contributed by atoms with Crippen molar-refractivity contribution in [3.05, 3.63) is 63.1 Å². The highest BCUT2D eigenvalue weighted by atomic mass is 35.5. The van der Waals surface area contributed by atoms with Gasteiger partial charge < -0.3 is 10.6 Å². The number of hydrogen-bond acceptors (Lipinski definition) is 2. The Labute approximate surface area is 148 Å². The largest absolute Gasteiger partial charge is 0.347 e. The van der Waals surface area contributed by atoms with Gasteiger partial charge in [-0.1, -0.05) is 46.9 Å². The Kier molecular flexibility index (Phi) is 6.28. The molecule has 2 aromatic rings. The summed E-state index contributed by atoms with van der Waals surface area (Å²) in [5.41, 5.74) is 1.34. The van der Waals surface area contributed by atoms with Gasteiger partial charge in [0.05, 0.1) is 10.7 Å². The van der Waals surface area contributed by atoms with E-state index in [1.807, 2.05) is 12.1 Å². The van der Waals surface area contributed by atoms with E-state index in [1.165, 1.54) is 12.1 Å². The molecule has 23 heavy (non-hydrogen) atoms. The summed E-state index contributed by atoms with van der Waals surface area (Å²) in [6, 6.07) is 11.9. The summed E-state index contributed by atoms with van der Waals surface area (Å²) >= 11 is 17.5. The summed E-state index contributed by atoms with van der Waals surface area (Å²) in [4.78, 5) is 23.6. The van der Waals surface area contributed by atoms with Crippen molar-refractivity contribution in [1.29, 1.82) is 0 Å². The molecule has 0 unspecified atom stereocenters. The van der Waals surface area contributed by atoms with Crippen molar-refractivity contribution in [2.24, 2.45) is 0 Å². The standard InChI is InChI=1S/C16H13Cl3N2O2/c17-11-3-1-10(2-4-11)7-8-20-15(22)16(23)21-14-6-5-12(18)9-13(14)19/h1-6,9H,7-8H2,(H,20,22)(H,21,23). The number of halogens is 3. The smallest absolute Gasteiger partial charge is 0.313 e. The van der Waals surface area contributed by atoms with Crippen LogP contribution in [0.25, 0.3) is 0 Å². The lowest BCUT2D eigenvalue weighted by molar-refractivity contribution is -0.136. The second kappa shape index (κ2) is 8.20. The molecule has 2 amide bonds. The summed E-state index contributed by atoms with van der Waals surface area (Å²) in [6.07, 6.45) is 0.595. The zero-order chi connectivity index (χ0) is 16.8. The van der Waals surface area contributed by atoms with Gasteiger partial charge >= 0.3 is 11.8 Å². The molecule has 0 saturated carbocycles. The van der Waals surface area contributed by atoms with Gasteiger partial charge in [0.15, 0.2) is 0 Å². The second-order valence-electron chi connectivity index (χ2n) is 4.71. The van der Waals surface area contributed by atoms with Crippen LogP contribution >= 0.6 is 34.8 Å². The maximum Gasteiger partial charge on any atom is 0.313 e. The molecule has 120 valence electrons. The summed E-state index contributed by atoms with van der Waals surface area (Å²) < 4.78 is 0. The lowest BCUT2D eigenvalue weighted by atomic mass is 10.1. The van der Waals surface area contributed by atoms with Crippen LogP contribution in [0.2, 0.25) is 15.1 Å². The van der Waals surface area contributed by atoms with Gasteiger partial charge in [0.2, 0.25) is 0 Å². The van der Waals surface area contributed by atoms with Crippen LogP contribution in [0, 0.1) is 0 Å². The topological polar surface area (TPSA) is 58.2 Å². The van der Waals surface area contributed by atoms with Gasteiger partial charge in [-0.25, -0.2) is 0 Å². The molecule has 4 nitrogen and oxygen atoms in total. The lowest BCUT2D eigenvalue weighted by Gasteiger charge is -2.08. The zero-order valence-corrected chi connectivity index (χ0v) is 14.2. The molecule has 0 fully saturated rings. The SMILES string of the molecule is O=C(NCCc1ccc(Cl)cc1)C(=O)Nc1ccc(Cl)cc1Cl. The minimum atomic E-state index is -0.787. The molecule has 0 bridgehead atoms. The number of hydrogen-bond donors (Lipinski definition) is 2. The van der Waals surface area contributed by atoms with E-state index in [-0.39, 0.29) is 5.02 Å². The number of anilines is 1. The van der Waals surface area contributed by atoms with Crippen molar-refractivity contribution in [2.45, 2.75) is 6.42 Å². The van der Waals surface area contributed by atoms with Gasteiger partial charge in [-0.2, -0.15) is 0 Å². The maximum absolute atomic E-state index is 11.8. The van der Waals surface area contributed by atoms with E-state index in [4.69, 9.17) is 34.8 Å². The number of nitrogens with one attached hydrogen (secondary N) is 2. The van der Waals surface area contributed by atoms with E-state index >= 15 is 0 Å². The van der Waals surface area contributed by atoms with Gasteiger partial charge in [-0.3, -0.25) is 9.59 Å². The lowest BCUT2D eigenvalue weighted by Crippen LogP contribution is -2.36. The molecule has 0 heterocycles. The quantitative estimate of drug-likeness (QED) is 0.800. The van der Waals surface area contributed by atoms with Crippen LogP contribution in [0.1, 0.15) is 5.56 Å². The molecule has 0 spiro atoms. The van der Waals surface area contributed by atoms with Gasteiger partial charge in [0.25, 0.3) is 0 Å². The number of amides is 2. The molecule has 0 saturated heterocycles. The van der Waals surface area contributed by atoms with E-state index in [9.17, 15) is 9.59 Å². The Balaban J connectivity index is 1.83. The fourth-order valence-corrected chi connectivity index (χ4v) is 2.40. The van der Waals surface area contributed by atoms with E-state index in [0.29, 0.717) is 28.7 Å². The third-order valence-corrected chi connectivity index (χ3v) is 3.80. The first-order valence-corrected chi connectivity index (χ1v) is 7.88. The number of carbonyl (C=O) groups excluding carboxylic acids is 2. The van der Waals surface area contributed by atoms with Crippen LogP contribution < -0.4 is 10.6 Å². The van der Waals surface area contributed by atoms with Crippen molar-refractivity contribution < 1.29 is 9.59 Å². The van der Waals surface area contributed by atoms with Gasteiger partial charge in [-0.15, -0.1) is 0 Å². The molecule has 0 aliphatic heterocycles. The Bertz CT molecular complexity index is 718. The fraction of sp³-hybridized carbons (Fsp3) is 0.125. The summed E-state index contributed by atoms with van der Waals surface area (Å²) in [5, 5.41) is 6.34. The monoisotopic (exact) mass is 370 g/mol. The minimum absolute atomic E-state index is 0.264. The van der Waals surface area contributed by atoms with Crippen LogP contribution in [0.15, 0.2) is 42.5 Å². The van der Waals surface area contributed by atoms with Crippen molar-refractivity contribution in [3.8, 4) is 0 Å². The molecule has 0 atom stereocenters. The molecule has 0 aliphatic carbocycles. The van der Waals surface area contributed by atoms with E-state index in [1.54, 1.807) is 18.2 Å².